The van der Waals surface area contributed by atoms with E-state index in [1.165, 1.54) is 0 Å². The SMILES string of the molecule is COc1ccccc1CC(=O)N1CCN(c2cc(-n3cccn3)nc(C)n2)CC1. The first kappa shape index (κ1) is 18.9. The second-order valence-corrected chi connectivity index (χ2v) is 6.94. The second-order valence-electron chi connectivity index (χ2n) is 6.94. The lowest BCUT2D eigenvalue weighted by Gasteiger charge is -2.35. The number of carbonyl (C=O) groups excluding carboxylic acids is 1. The van der Waals surface area contributed by atoms with Crippen molar-refractivity contribution >= 4 is 11.7 Å². The van der Waals surface area contributed by atoms with Crippen LogP contribution < -0.4 is 9.64 Å². The molecule has 1 saturated heterocycles. The molecule has 0 unspecified atom stereocenters. The molecule has 0 saturated carbocycles. The number of piperazine rings is 1. The van der Waals surface area contributed by atoms with E-state index in [4.69, 9.17) is 4.74 Å². The highest BCUT2D eigenvalue weighted by Crippen LogP contribution is 2.20. The van der Waals surface area contributed by atoms with Crippen molar-refractivity contribution in [1.29, 1.82) is 0 Å². The summed E-state index contributed by atoms with van der Waals surface area (Å²) in [4.78, 5) is 25.9. The van der Waals surface area contributed by atoms with Crippen molar-refractivity contribution in [2.24, 2.45) is 0 Å². The predicted molar refractivity (Wildman–Crippen MR) is 109 cm³/mol. The summed E-state index contributed by atoms with van der Waals surface area (Å²) in [6, 6.07) is 11.5. The molecule has 8 nitrogen and oxygen atoms in total. The first-order chi connectivity index (χ1) is 14.1. The molecule has 0 radical (unpaired) electrons. The van der Waals surface area contributed by atoms with Gasteiger partial charge in [-0.2, -0.15) is 5.10 Å². The van der Waals surface area contributed by atoms with Gasteiger partial charge in [0.15, 0.2) is 5.82 Å². The van der Waals surface area contributed by atoms with Crippen LogP contribution in [0.4, 0.5) is 5.82 Å². The van der Waals surface area contributed by atoms with Gasteiger partial charge in [0.05, 0.1) is 13.5 Å². The second kappa shape index (κ2) is 8.30. The van der Waals surface area contributed by atoms with Gasteiger partial charge in [0, 0.05) is 50.2 Å². The molecule has 0 spiro atoms. The molecule has 3 aromatic rings. The highest BCUT2D eigenvalue weighted by molar-refractivity contribution is 5.79. The Kier molecular flexibility index (Phi) is 5.41. The summed E-state index contributed by atoms with van der Waals surface area (Å²) < 4.78 is 7.09. The normalized spacial score (nSPS) is 14.1. The zero-order chi connectivity index (χ0) is 20.2. The predicted octanol–water partition coefficient (Wildman–Crippen LogP) is 1.87. The van der Waals surface area contributed by atoms with Gasteiger partial charge in [-0.1, -0.05) is 18.2 Å². The molecule has 1 fully saturated rings. The highest BCUT2D eigenvalue weighted by atomic mass is 16.5. The van der Waals surface area contributed by atoms with Crippen LogP contribution in [0, 0.1) is 6.92 Å². The maximum Gasteiger partial charge on any atom is 0.227 e. The van der Waals surface area contributed by atoms with E-state index in [2.05, 4.69) is 20.0 Å². The molecule has 0 aliphatic carbocycles. The Morgan fingerprint density at radius 2 is 1.83 bits per heavy atom. The van der Waals surface area contributed by atoms with Crippen molar-refractivity contribution in [2.75, 3.05) is 38.2 Å². The standard InChI is InChI=1S/C21H24N6O2/c1-16-23-19(15-20(24-16)27-9-5-8-22-27)25-10-12-26(13-11-25)21(28)14-17-6-3-4-7-18(17)29-2/h3-9,15H,10-14H2,1-2H3. The zero-order valence-electron chi connectivity index (χ0n) is 16.7. The summed E-state index contributed by atoms with van der Waals surface area (Å²) in [5.41, 5.74) is 0.915. The van der Waals surface area contributed by atoms with Crippen molar-refractivity contribution < 1.29 is 9.53 Å². The van der Waals surface area contributed by atoms with Gasteiger partial charge >= 0.3 is 0 Å². The van der Waals surface area contributed by atoms with E-state index in [1.54, 1.807) is 18.0 Å². The minimum Gasteiger partial charge on any atom is -0.496 e. The van der Waals surface area contributed by atoms with Crippen LogP contribution in [0.25, 0.3) is 5.82 Å². The van der Waals surface area contributed by atoms with Crippen LogP contribution >= 0.6 is 0 Å². The van der Waals surface area contributed by atoms with Crippen LogP contribution in [-0.2, 0) is 11.2 Å². The fourth-order valence-electron chi connectivity index (χ4n) is 3.53. The number of carbonyl (C=O) groups is 1. The Hall–Kier alpha value is -3.42. The molecule has 1 aliphatic rings. The lowest BCUT2D eigenvalue weighted by atomic mass is 10.1. The average Bonchev–Trinajstić information content (AvgIpc) is 3.29. The topological polar surface area (TPSA) is 76.4 Å². The summed E-state index contributed by atoms with van der Waals surface area (Å²) in [6.45, 7) is 4.66. The van der Waals surface area contributed by atoms with E-state index >= 15 is 0 Å². The number of aromatic nitrogens is 4. The van der Waals surface area contributed by atoms with Gasteiger partial charge in [0.2, 0.25) is 5.91 Å². The molecule has 0 N–H and O–H groups in total. The Balaban J connectivity index is 1.41. The number of rotatable bonds is 5. The van der Waals surface area contributed by atoms with E-state index in [0.29, 0.717) is 25.3 Å². The van der Waals surface area contributed by atoms with E-state index < -0.39 is 0 Å². The van der Waals surface area contributed by atoms with Gasteiger partial charge in [-0.3, -0.25) is 4.79 Å². The van der Waals surface area contributed by atoms with Crippen molar-refractivity contribution in [3.05, 3.63) is 60.2 Å². The smallest absolute Gasteiger partial charge is 0.227 e. The number of nitrogens with zero attached hydrogens (tertiary/aromatic N) is 6. The molecule has 2 aromatic heterocycles. The summed E-state index contributed by atoms with van der Waals surface area (Å²) in [5, 5.41) is 4.25. The van der Waals surface area contributed by atoms with Gasteiger partial charge < -0.3 is 14.5 Å². The fourth-order valence-corrected chi connectivity index (χ4v) is 3.53. The lowest BCUT2D eigenvalue weighted by Crippen LogP contribution is -2.49. The molecular formula is C21H24N6O2. The van der Waals surface area contributed by atoms with Crippen molar-refractivity contribution in [2.45, 2.75) is 13.3 Å². The Morgan fingerprint density at radius 1 is 1.07 bits per heavy atom. The molecule has 1 aromatic carbocycles. The van der Waals surface area contributed by atoms with E-state index in [-0.39, 0.29) is 5.91 Å². The average molecular weight is 392 g/mol. The van der Waals surface area contributed by atoms with E-state index in [9.17, 15) is 4.79 Å². The van der Waals surface area contributed by atoms with E-state index in [1.807, 2.05) is 54.4 Å². The number of hydrogen-bond donors (Lipinski definition) is 0. The van der Waals surface area contributed by atoms with Gasteiger partial charge in [-0.25, -0.2) is 14.6 Å². The van der Waals surface area contributed by atoms with Crippen molar-refractivity contribution in [3.8, 4) is 11.6 Å². The summed E-state index contributed by atoms with van der Waals surface area (Å²) in [6.07, 6.45) is 3.93. The van der Waals surface area contributed by atoms with Gasteiger partial charge in [-0.05, 0) is 19.1 Å². The molecule has 29 heavy (non-hydrogen) atoms. The van der Waals surface area contributed by atoms with Gasteiger partial charge in [0.1, 0.15) is 17.4 Å². The Labute approximate surface area is 169 Å². The maximum atomic E-state index is 12.8. The van der Waals surface area contributed by atoms with Crippen LogP contribution in [0.3, 0.4) is 0 Å². The van der Waals surface area contributed by atoms with Crippen molar-refractivity contribution in [1.82, 2.24) is 24.6 Å². The summed E-state index contributed by atoms with van der Waals surface area (Å²) in [5.74, 6) is 3.17. The molecule has 8 heteroatoms. The molecule has 1 amide bonds. The molecule has 4 rings (SSSR count). The number of benzene rings is 1. The number of amides is 1. The number of methoxy groups -OCH3 is 1. The third kappa shape index (κ3) is 4.21. The third-order valence-electron chi connectivity index (χ3n) is 5.04. The number of ether oxygens (including phenoxy) is 1. The monoisotopic (exact) mass is 392 g/mol. The fraction of sp³-hybridized carbons (Fsp3) is 0.333. The van der Waals surface area contributed by atoms with Crippen LogP contribution in [-0.4, -0.2) is 63.8 Å². The quantitative estimate of drug-likeness (QED) is 0.660. The number of aryl methyl sites for hydroxylation is 1. The maximum absolute atomic E-state index is 12.8. The largest absolute Gasteiger partial charge is 0.496 e. The van der Waals surface area contributed by atoms with Crippen LogP contribution in [0.15, 0.2) is 48.8 Å². The molecule has 3 heterocycles. The Morgan fingerprint density at radius 3 is 2.55 bits per heavy atom. The summed E-state index contributed by atoms with van der Waals surface area (Å²) in [7, 11) is 1.63. The van der Waals surface area contributed by atoms with Gasteiger partial charge in [-0.15, -0.1) is 0 Å². The molecule has 1 aliphatic heterocycles. The van der Waals surface area contributed by atoms with Crippen LogP contribution in [0.5, 0.6) is 5.75 Å². The number of hydrogen-bond acceptors (Lipinski definition) is 6. The minimum absolute atomic E-state index is 0.116. The third-order valence-corrected chi connectivity index (χ3v) is 5.04. The summed E-state index contributed by atoms with van der Waals surface area (Å²) >= 11 is 0. The first-order valence-electron chi connectivity index (χ1n) is 9.64. The molecule has 0 atom stereocenters. The number of anilines is 1. The highest BCUT2D eigenvalue weighted by Gasteiger charge is 2.23. The van der Waals surface area contributed by atoms with Gasteiger partial charge in [0.25, 0.3) is 0 Å². The molecular weight excluding hydrogens is 368 g/mol. The number of para-hydroxylation sites is 1. The lowest BCUT2D eigenvalue weighted by molar-refractivity contribution is -0.130. The Bertz CT molecular complexity index is 981. The van der Waals surface area contributed by atoms with E-state index in [0.717, 1.165) is 36.0 Å². The molecule has 150 valence electrons. The zero-order valence-corrected chi connectivity index (χ0v) is 16.7. The minimum atomic E-state index is 0.116. The first-order valence-corrected chi connectivity index (χ1v) is 9.64. The van der Waals surface area contributed by atoms with Crippen LogP contribution in [0.1, 0.15) is 11.4 Å². The van der Waals surface area contributed by atoms with Crippen LogP contribution in [0.2, 0.25) is 0 Å². The van der Waals surface area contributed by atoms with Crippen molar-refractivity contribution in [3.63, 3.8) is 0 Å². The molecule has 0 bridgehead atoms.